The van der Waals surface area contributed by atoms with Gasteiger partial charge < -0.3 is 14.2 Å². The summed E-state index contributed by atoms with van der Waals surface area (Å²) in [6.45, 7) is 6.04. The molecule has 0 spiro atoms. The standard InChI is InChI=1S/C15H20O5/c1-4-18-15(19-5-2)9-11-6-7-12(15)8-13(14(11)17)20-10(3)16/h6-8,11-12H,4-5,9H2,1-3H3. The predicted molar refractivity (Wildman–Crippen MR) is 71.6 cm³/mol. The molecule has 2 atom stereocenters. The Morgan fingerprint density at radius 1 is 1.30 bits per heavy atom. The molecule has 0 saturated carbocycles. The molecular formula is C15H20O5. The average molecular weight is 280 g/mol. The summed E-state index contributed by atoms with van der Waals surface area (Å²) >= 11 is 0. The zero-order valence-corrected chi connectivity index (χ0v) is 12.0. The second-order valence-corrected chi connectivity index (χ2v) is 4.89. The Morgan fingerprint density at radius 2 is 1.95 bits per heavy atom. The van der Waals surface area contributed by atoms with Gasteiger partial charge in [-0.15, -0.1) is 0 Å². The fraction of sp³-hybridized carbons (Fsp3) is 0.600. The third-order valence-corrected chi connectivity index (χ3v) is 3.50. The number of Topliss-reactive ketones (excluding diaryl/α,β-unsaturated/α-hetero) is 1. The molecular weight excluding hydrogens is 260 g/mol. The van der Waals surface area contributed by atoms with E-state index >= 15 is 0 Å². The molecule has 0 saturated heterocycles. The molecule has 0 amide bonds. The van der Waals surface area contributed by atoms with Crippen LogP contribution >= 0.6 is 0 Å². The van der Waals surface area contributed by atoms with Gasteiger partial charge in [-0.1, -0.05) is 12.2 Å². The highest BCUT2D eigenvalue weighted by Gasteiger charge is 2.48. The second-order valence-electron chi connectivity index (χ2n) is 4.89. The molecule has 0 aliphatic heterocycles. The Labute approximate surface area is 118 Å². The normalized spacial score (nSPS) is 27.1. The zero-order valence-electron chi connectivity index (χ0n) is 12.0. The van der Waals surface area contributed by atoms with Gasteiger partial charge in [0.05, 0.1) is 5.92 Å². The van der Waals surface area contributed by atoms with Crippen molar-refractivity contribution in [1.82, 2.24) is 0 Å². The Morgan fingerprint density at radius 3 is 2.50 bits per heavy atom. The Balaban J connectivity index is 2.37. The van der Waals surface area contributed by atoms with Crippen molar-refractivity contribution < 1.29 is 23.8 Å². The maximum atomic E-state index is 12.3. The summed E-state index contributed by atoms with van der Waals surface area (Å²) < 4.78 is 16.7. The van der Waals surface area contributed by atoms with Crippen molar-refractivity contribution in [2.24, 2.45) is 11.8 Å². The van der Waals surface area contributed by atoms with E-state index in [2.05, 4.69) is 0 Å². The van der Waals surface area contributed by atoms with E-state index < -0.39 is 11.8 Å². The van der Waals surface area contributed by atoms with Crippen LogP contribution in [0.1, 0.15) is 27.2 Å². The van der Waals surface area contributed by atoms with E-state index in [1.807, 2.05) is 26.0 Å². The molecule has 3 aliphatic carbocycles. The summed E-state index contributed by atoms with van der Waals surface area (Å²) in [7, 11) is 0. The van der Waals surface area contributed by atoms with Gasteiger partial charge >= 0.3 is 5.97 Å². The first-order valence-electron chi connectivity index (χ1n) is 6.93. The van der Waals surface area contributed by atoms with E-state index in [0.717, 1.165) is 0 Å². The highest BCUT2D eigenvalue weighted by molar-refractivity contribution is 5.99. The van der Waals surface area contributed by atoms with Crippen LogP contribution in [-0.4, -0.2) is 30.8 Å². The van der Waals surface area contributed by atoms with Crippen molar-refractivity contribution >= 4 is 11.8 Å². The minimum absolute atomic E-state index is 0.0961. The van der Waals surface area contributed by atoms with Gasteiger partial charge in [0.2, 0.25) is 5.78 Å². The van der Waals surface area contributed by atoms with Crippen LogP contribution < -0.4 is 0 Å². The number of rotatable bonds is 5. The van der Waals surface area contributed by atoms with Gasteiger partial charge in [0.1, 0.15) is 0 Å². The minimum Gasteiger partial charge on any atom is -0.423 e. The van der Waals surface area contributed by atoms with Crippen LogP contribution in [0.3, 0.4) is 0 Å². The molecule has 2 bridgehead atoms. The summed E-state index contributed by atoms with van der Waals surface area (Å²) in [6.07, 6.45) is 5.82. The van der Waals surface area contributed by atoms with Gasteiger partial charge in [0, 0.05) is 32.5 Å². The number of hydrogen-bond acceptors (Lipinski definition) is 5. The number of hydrogen-bond donors (Lipinski definition) is 0. The highest BCUT2D eigenvalue weighted by atomic mass is 16.7. The van der Waals surface area contributed by atoms with E-state index in [-0.39, 0.29) is 23.4 Å². The maximum absolute atomic E-state index is 12.3. The van der Waals surface area contributed by atoms with Crippen molar-refractivity contribution in [2.75, 3.05) is 13.2 Å². The average Bonchev–Trinajstić information content (AvgIpc) is 2.58. The fourth-order valence-corrected chi connectivity index (χ4v) is 2.78. The number of ketones is 1. The van der Waals surface area contributed by atoms with Crippen LogP contribution in [0.25, 0.3) is 0 Å². The topological polar surface area (TPSA) is 61.8 Å². The van der Waals surface area contributed by atoms with Crippen LogP contribution in [0.2, 0.25) is 0 Å². The Kier molecular flexibility index (Phi) is 4.40. The summed E-state index contributed by atoms with van der Waals surface area (Å²) in [6, 6.07) is 0. The van der Waals surface area contributed by atoms with Gasteiger partial charge in [0.15, 0.2) is 11.5 Å². The van der Waals surface area contributed by atoms with Gasteiger partial charge in [0.25, 0.3) is 0 Å². The van der Waals surface area contributed by atoms with Gasteiger partial charge in [-0.05, 0) is 19.9 Å². The number of esters is 1. The summed E-state index contributed by atoms with van der Waals surface area (Å²) in [5, 5.41) is 0. The molecule has 20 heavy (non-hydrogen) atoms. The number of allylic oxidation sites excluding steroid dienone is 2. The van der Waals surface area contributed by atoms with Gasteiger partial charge in [-0.2, -0.15) is 0 Å². The number of carbonyl (C=O) groups excluding carboxylic acids is 2. The monoisotopic (exact) mass is 280 g/mol. The fourth-order valence-electron chi connectivity index (χ4n) is 2.78. The number of ether oxygens (including phenoxy) is 3. The molecule has 3 rings (SSSR count). The van der Waals surface area contributed by atoms with E-state index in [4.69, 9.17) is 14.2 Å². The van der Waals surface area contributed by atoms with Crippen LogP contribution in [-0.2, 0) is 23.8 Å². The van der Waals surface area contributed by atoms with Crippen molar-refractivity contribution in [1.29, 1.82) is 0 Å². The molecule has 0 aromatic carbocycles. The molecule has 0 fully saturated rings. The van der Waals surface area contributed by atoms with Crippen LogP contribution in [0, 0.1) is 11.8 Å². The van der Waals surface area contributed by atoms with E-state index in [1.54, 1.807) is 6.08 Å². The van der Waals surface area contributed by atoms with Crippen LogP contribution in [0.15, 0.2) is 24.0 Å². The third-order valence-electron chi connectivity index (χ3n) is 3.50. The minimum atomic E-state index is -0.847. The first-order valence-corrected chi connectivity index (χ1v) is 6.93. The summed E-state index contributed by atoms with van der Waals surface area (Å²) in [5.74, 6) is -2.05. The molecule has 5 heteroatoms. The third kappa shape index (κ3) is 2.69. The van der Waals surface area contributed by atoms with Crippen LogP contribution in [0.5, 0.6) is 0 Å². The van der Waals surface area contributed by atoms with Gasteiger partial charge in [-0.25, -0.2) is 0 Å². The van der Waals surface area contributed by atoms with Crippen molar-refractivity contribution in [3.63, 3.8) is 0 Å². The Hall–Kier alpha value is -1.46. The molecule has 0 N–H and O–H groups in total. The lowest BCUT2D eigenvalue weighted by Crippen LogP contribution is -2.45. The molecule has 5 nitrogen and oxygen atoms in total. The Bertz CT molecular complexity index is 457. The molecule has 3 aliphatic rings. The number of carbonyl (C=O) groups is 2. The molecule has 2 unspecified atom stereocenters. The molecule has 0 aromatic heterocycles. The lowest BCUT2D eigenvalue weighted by atomic mass is 9.84. The summed E-state index contributed by atoms with van der Waals surface area (Å²) in [4.78, 5) is 23.4. The first kappa shape index (κ1) is 14.9. The zero-order chi connectivity index (χ0) is 14.8. The van der Waals surface area contributed by atoms with Gasteiger partial charge in [-0.3, -0.25) is 9.59 Å². The highest BCUT2D eigenvalue weighted by Crippen LogP contribution is 2.42. The van der Waals surface area contributed by atoms with Crippen molar-refractivity contribution in [2.45, 2.75) is 33.0 Å². The largest absolute Gasteiger partial charge is 0.423 e. The quantitative estimate of drug-likeness (QED) is 0.438. The van der Waals surface area contributed by atoms with Crippen molar-refractivity contribution in [3.8, 4) is 0 Å². The van der Waals surface area contributed by atoms with E-state index in [9.17, 15) is 9.59 Å². The molecule has 0 heterocycles. The first-order chi connectivity index (χ1) is 9.52. The number of fused-ring (bicyclic) bond motifs is 2. The van der Waals surface area contributed by atoms with Crippen LogP contribution in [0.4, 0.5) is 0 Å². The summed E-state index contributed by atoms with van der Waals surface area (Å²) in [5.41, 5.74) is 0. The van der Waals surface area contributed by atoms with Crippen molar-refractivity contribution in [3.05, 3.63) is 24.0 Å². The molecule has 110 valence electrons. The predicted octanol–water partition coefficient (Wildman–Crippen LogP) is 1.98. The molecule has 0 aromatic rings. The van der Waals surface area contributed by atoms with E-state index in [1.165, 1.54) is 6.92 Å². The second kappa shape index (κ2) is 5.89. The lowest BCUT2D eigenvalue weighted by molar-refractivity contribution is -0.255. The lowest BCUT2D eigenvalue weighted by Gasteiger charge is -2.40. The van der Waals surface area contributed by atoms with E-state index in [0.29, 0.717) is 19.6 Å². The molecule has 0 radical (unpaired) electrons. The maximum Gasteiger partial charge on any atom is 0.308 e. The smallest absolute Gasteiger partial charge is 0.308 e. The SMILES string of the molecule is CCOC1(OCC)CC2C=CC1C=C(OC(C)=O)C2=O.